The Hall–Kier alpha value is -1.99. The van der Waals surface area contributed by atoms with E-state index < -0.39 is 0 Å². The Morgan fingerprint density at radius 3 is 3.00 bits per heavy atom. The number of hydrogen-bond acceptors (Lipinski definition) is 7. The van der Waals surface area contributed by atoms with E-state index in [0.29, 0.717) is 12.4 Å². The zero-order chi connectivity index (χ0) is 17.1. The summed E-state index contributed by atoms with van der Waals surface area (Å²) < 4.78 is 10.6. The zero-order valence-corrected chi connectivity index (χ0v) is 14.6. The normalized spacial score (nSPS) is 20.9. The molecular formula is C18H25N5O2. The summed E-state index contributed by atoms with van der Waals surface area (Å²) in [6.07, 6.45) is 6.83. The molecule has 2 aromatic rings. The van der Waals surface area contributed by atoms with Crippen molar-refractivity contribution in [1.29, 1.82) is 0 Å². The number of nitrogens with one attached hydrogen (secondary N) is 1. The van der Waals surface area contributed by atoms with Crippen molar-refractivity contribution in [2.24, 2.45) is 5.92 Å². The molecular weight excluding hydrogens is 318 g/mol. The van der Waals surface area contributed by atoms with E-state index in [2.05, 4.69) is 25.3 Å². The van der Waals surface area contributed by atoms with Gasteiger partial charge in [-0.15, -0.1) is 0 Å². The van der Waals surface area contributed by atoms with Crippen LogP contribution in [0.15, 0.2) is 22.9 Å². The molecule has 0 amide bonds. The van der Waals surface area contributed by atoms with Gasteiger partial charge in [0.1, 0.15) is 5.82 Å². The highest BCUT2D eigenvalue weighted by atomic mass is 16.5. The monoisotopic (exact) mass is 343 g/mol. The second kappa shape index (κ2) is 7.49. The van der Waals surface area contributed by atoms with Gasteiger partial charge >= 0.3 is 0 Å². The van der Waals surface area contributed by atoms with E-state index in [-0.39, 0.29) is 6.04 Å². The average Bonchev–Trinajstić information content (AvgIpc) is 3.12. The van der Waals surface area contributed by atoms with Gasteiger partial charge in [-0.2, -0.15) is 4.98 Å². The minimum absolute atomic E-state index is 0.282. The standard InChI is InChI=1S/C18H25N5O2/c1-24-10-8-19-16-7-6-14(11-20-16)17-21-18(25-22-17)15-3-2-9-23(15)12-13-4-5-13/h6-7,11,13,15H,2-5,8-10,12H2,1H3,(H,19,20)/t15-/m1/s1. The minimum atomic E-state index is 0.282. The van der Waals surface area contributed by atoms with Crippen LogP contribution >= 0.6 is 0 Å². The first-order valence-electron chi connectivity index (χ1n) is 9.10. The van der Waals surface area contributed by atoms with Crippen molar-refractivity contribution in [2.45, 2.75) is 31.7 Å². The first-order chi connectivity index (χ1) is 12.3. The summed E-state index contributed by atoms with van der Waals surface area (Å²) in [6.45, 7) is 3.69. The number of likely N-dealkylation sites (tertiary alicyclic amines) is 1. The average molecular weight is 343 g/mol. The maximum absolute atomic E-state index is 5.58. The number of rotatable bonds is 8. The summed E-state index contributed by atoms with van der Waals surface area (Å²) in [5, 5.41) is 7.37. The maximum Gasteiger partial charge on any atom is 0.244 e. The van der Waals surface area contributed by atoms with Gasteiger partial charge in [0.15, 0.2) is 0 Å². The summed E-state index contributed by atoms with van der Waals surface area (Å²) >= 11 is 0. The van der Waals surface area contributed by atoms with E-state index in [9.17, 15) is 0 Å². The molecule has 1 atom stereocenters. The van der Waals surface area contributed by atoms with Crippen molar-refractivity contribution in [2.75, 3.05) is 38.7 Å². The van der Waals surface area contributed by atoms with E-state index in [1.165, 1.54) is 25.8 Å². The van der Waals surface area contributed by atoms with E-state index >= 15 is 0 Å². The largest absolute Gasteiger partial charge is 0.383 e. The van der Waals surface area contributed by atoms with Crippen LogP contribution in [0, 0.1) is 5.92 Å². The van der Waals surface area contributed by atoms with Crippen LogP contribution in [0.25, 0.3) is 11.4 Å². The second-order valence-electron chi connectivity index (χ2n) is 6.90. The fourth-order valence-corrected chi connectivity index (χ4v) is 3.36. The number of anilines is 1. The van der Waals surface area contributed by atoms with Crippen molar-refractivity contribution >= 4 is 5.82 Å². The molecule has 134 valence electrons. The Bertz CT molecular complexity index is 683. The molecule has 0 spiro atoms. The number of nitrogens with zero attached hydrogens (tertiary/aromatic N) is 4. The lowest BCUT2D eigenvalue weighted by molar-refractivity contribution is 0.201. The molecule has 1 saturated carbocycles. The smallest absolute Gasteiger partial charge is 0.244 e. The predicted octanol–water partition coefficient (Wildman–Crippen LogP) is 2.74. The Balaban J connectivity index is 1.41. The van der Waals surface area contributed by atoms with Crippen molar-refractivity contribution in [3.05, 3.63) is 24.2 Å². The van der Waals surface area contributed by atoms with Gasteiger partial charge in [-0.05, 0) is 50.3 Å². The van der Waals surface area contributed by atoms with Gasteiger partial charge in [-0.1, -0.05) is 5.16 Å². The third-order valence-electron chi connectivity index (χ3n) is 4.91. The van der Waals surface area contributed by atoms with Gasteiger partial charge in [0.25, 0.3) is 0 Å². The number of hydrogen-bond donors (Lipinski definition) is 1. The zero-order valence-electron chi connectivity index (χ0n) is 14.6. The number of aromatic nitrogens is 3. The highest BCUT2D eigenvalue weighted by molar-refractivity contribution is 5.55. The lowest BCUT2D eigenvalue weighted by Crippen LogP contribution is -2.25. The lowest BCUT2D eigenvalue weighted by Gasteiger charge is -2.20. The molecule has 7 nitrogen and oxygen atoms in total. The van der Waals surface area contributed by atoms with Crippen molar-refractivity contribution < 1.29 is 9.26 Å². The van der Waals surface area contributed by atoms with Crippen molar-refractivity contribution in [3.8, 4) is 11.4 Å². The predicted molar refractivity (Wildman–Crippen MR) is 94.2 cm³/mol. The van der Waals surface area contributed by atoms with Crippen LogP contribution in [0.2, 0.25) is 0 Å². The molecule has 2 fully saturated rings. The van der Waals surface area contributed by atoms with Crippen molar-refractivity contribution in [1.82, 2.24) is 20.0 Å². The Morgan fingerprint density at radius 2 is 2.24 bits per heavy atom. The molecule has 7 heteroatoms. The number of ether oxygens (including phenoxy) is 1. The van der Waals surface area contributed by atoms with Gasteiger partial charge in [-0.3, -0.25) is 4.90 Å². The lowest BCUT2D eigenvalue weighted by atomic mass is 10.2. The Labute approximate surface area is 147 Å². The Kier molecular flexibility index (Phi) is 4.94. The topological polar surface area (TPSA) is 76.3 Å². The van der Waals surface area contributed by atoms with Gasteiger partial charge in [0, 0.05) is 32.0 Å². The summed E-state index contributed by atoms with van der Waals surface area (Å²) in [4.78, 5) is 11.6. The molecule has 0 unspecified atom stereocenters. The van der Waals surface area contributed by atoms with Crippen molar-refractivity contribution in [3.63, 3.8) is 0 Å². The first-order valence-corrected chi connectivity index (χ1v) is 9.10. The van der Waals surface area contributed by atoms with Crippen LogP contribution in [0.4, 0.5) is 5.82 Å². The van der Waals surface area contributed by atoms with Crippen LogP contribution in [0.5, 0.6) is 0 Å². The third kappa shape index (κ3) is 3.99. The molecule has 2 aromatic heterocycles. The SMILES string of the molecule is COCCNc1ccc(-c2noc([C@H]3CCCN3CC3CC3)n2)cn1. The molecule has 1 N–H and O–H groups in total. The molecule has 2 aliphatic rings. The van der Waals surface area contributed by atoms with Gasteiger partial charge < -0.3 is 14.6 Å². The molecule has 1 aliphatic carbocycles. The maximum atomic E-state index is 5.58. The molecule has 3 heterocycles. The molecule has 1 saturated heterocycles. The molecule has 0 radical (unpaired) electrons. The number of pyridine rings is 1. The fourth-order valence-electron chi connectivity index (χ4n) is 3.36. The highest BCUT2D eigenvalue weighted by Gasteiger charge is 2.34. The number of methoxy groups -OCH3 is 1. The first kappa shape index (κ1) is 16.5. The van der Waals surface area contributed by atoms with Crippen LogP contribution in [0.1, 0.15) is 37.6 Å². The molecule has 1 aliphatic heterocycles. The third-order valence-corrected chi connectivity index (χ3v) is 4.91. The van der Waals surface area contributed by atoms with E-state index in [1.807, 2.05) is 12.1 Å². The van der Waals surface area contributed by atoms with Crippen LogP contribution < -0.4 is 5.32 Å². The highest BCUT2D eigenvalue weighted by Crippen LogP contribution is 2.37. The van der Waals surface area contributed by atoms with Crippen LogP contribution in [0.3, 0.4) is 0 Å². The summed E-state index contributed by atoms with van der Waals surface area (Å²) in [7, 11) is 1.68. The quantitative estimate of drug-likeness (QED) is 0.739. The fraction of sp³-hybridized carbons (Fsp3) is 0.611. The van der Waals surface area contributed by atoms with Gasteiger partial charge in [-0.25, -0.2) is 4.98 Å². The van der Waals surface area contributed by atoms with Gasteiger partial charge in [0.2, 0.25) is 11.7 Å². The Morgan fingerprint density at radius 1 is 1.32 bits per heavy atom. The molecule has 0 aromatic carbocycles. The minimum Gasteiger partial charge on any atom is -0.383 e. The van der Waals surface area contributed by atoms with E-state index in [4.69, 9.17) is 9.26 Å². The van der Waals surface area contributed by atoms with Crippen LogP contribution in [-0.2, 0) is 4.74 Å². The molecule has 25 heavy (non-hydrogen) atoms. The molecule has 0 bridgehead atoms. The molecule has 4 rings (SSSR count). The second-order valence-corrected chi connectivity index (χ2v) is 6.90. The van der Waals surface area contributed by atoms with E-state index in [0.717, 1.165) is 42.7 Å². The summed E-state index contributed by atoms with van der Waals surface area (Å²) in [6, 6.07) is 4.17. The van der Waals surface area contributed by atoms with E-state index in [1.54, 1.807) is 13.3 Å². The van der Waals surface area contributed by atoms with Gasteiger partial charge in [0.05, 0.1) is 12.6 Å². The van der Waals surface area contributed by atoms with Crippen LogP contribution in [-0.4, -0.2) is 53.4 Å². The summed E-state index contributed by atoms with van der Waals surface area (Å²) in [5.41, 5.74) is 0.874. The summed E-state index contributed by atoms with van der Waals surface area (Å²) in [5.74, 6) is 3.06.